The fraction of sp³-hybridized carbons (Fsp3) is 0.611. The Labute approximate surface area is 140 Å². The number of nitrogens with one attached hydrogen (secondary N) is 2. The lowest BCUT2D eigenvalue weighted by Gasteiger charge is -2.56. The number of carbonyl (C=O) groups excluding carboxylic acids is 1. The summed E-state index contributed by atoms with van der Waals surface area (Å²) in [6, 6.07) is 7.93. The van der Waals surface area contributed by atoms with Gasteiger partial charge in [0.05, 0.1) is 6.54 Å². The molecule has 22 heavy (non-hydrogen) atoms. The van der Waals surface area contributed by atoms with E-state index in [1.54, 1.807) is 0 Å². The molecule has 0 aromatic heterocycles. The van der Waals surface area contributed by atoms with Crippen LogP contribution in [0.1, 0.15) is 38.5 Å². The van der Waals surface area contributed by atoms with E-state index < -0.39 is 0 Å². The van der Waals surface area contributed by atoms with Gasteiger partial charge in [-0.2, -0.15) is 0 Å². The van der Waals surface area contributed by atoms with E-state index in [0.717, 1.165) is 27.9 Å². The van der Waals surface area contributed by atoms with E-state index in [2.05, 4.69) is 26.6 Å². The molecule has 4 saturated carbocycles. The molecule has 0 atom stereocenters. The van der Waals surface area contributed by atoms with Crippen molar-refractivity contribution in [2.24, 2.45) is 17.8 Å². The average Bonchev–Trinajstić information content (AvgIpc) is 2.44. The molecular formula is C18H23BrN2O. The van der Waals surface area contributed by atoms with Gasteiger partial charge in [0.15, 0.2) is 0 Å². The van der Waals surface area contributed by atoms with E-state index in [0.29, 0.717) is 6.54 Å². The fourth-order valence-corrected chi connectivity index (χ4v) is 5.81. The van der Waals surface area contributed by atoms with E-state index in [-0.39, 0.29) is 11.4 Å². The summed E-state index contributed by atoms with van der Waals surface area (Å²) < 4.78 is 0.998. The maximum atomic E-state index is 12.4. The van der Waals surface area contributed by atoms with Gasteiger partial charge in [0.1, 0.15) is 0 Å². The lowest BCUT2D eigenvalue weighted by Crippen LogP contribution is -2.60. The highest BCUT2D eigenvalue weighted by atomic mass is 79.9. The van der Waals surface area contributed by atoms with Crippen LogP contribution in [0, 0.1) is 17.8 Å². The van der Waals surface area contributed by atoms with Gasteiger partial charge in [-0.3, -0.25) is 4.79 Å². The molecule has 4 fully saturated rings. The van der Waals surface area contributed by atoms with Crippen LogP contribution >= 0.6 is 15.9 Å². The molecule has 0 saturated heterocycles. The zero-order valence-corrected chi connectivity index (χ0v) is 14.4. The molecule has 5 rings (SSSR count). The minimum absolute atomic E-state index is 0.113. The van der Waals surface area contributed by atoms with Crippen molar-refractivity contribution in [3.8, 4) is 0 Å². The highest BCUT2D eigenvalue weighted by molar-refractivity contribution is 9.10. The Bertz CT molecular complexity index is 551. The normalized spacial score (nSPS) is 35.4. The number of rotatable bonds is 4. The van der Waals surface area contributed by atoms with Crippen LogP contribution < -0.4 is 10.6 Å². The first kappa shape index (κ1) is 14.6. The predicted octanol–water partition coefficient (Wildman–Crippen LogP) is 3.95. The molecule has 118 valence electrons. The molecule has 3 nitrogen and oxygen atoms in total. The third kappa shape index (κ3) is 2.78. The molecule has 1 amide bonds. The molecular weight excluding hydrogens is 340 g/mol. The monoisotopic (exact) mass is 362 g/mol. The van der Waals surface area contributed by atoms with Gasteiger partial charge in [0, 0.05) is 15.7 Å². The molecule has 2 N–H and O–H groups in total. The van der Waals surface area contributed by atoms with E-state index in [1.165, 1.54) is 38.5 Å². The Kier molecular flexibility index (Phi) is 3.67. The second-order valence-electron chi connectivity index (χ2n) is 7.58. The molecule has 1 aromatic rings. The molecule has 0 radical (unpaired) electrons. The molecule has 1 aromatic carbocycles. The second kappa shape index (κ2) is 5.55. The first-order chi connectivity index (χ1) is 10.6. The zero-order valence-electron chi connectivity index (χ0n) is 12.8. The third-order valence-corrected chi connectivity index (χ3v) is 6.45. The molecule has 0 unspecified atom stereocenters. The molecule has 4 bridgehead atoms. The van der Waals surface area contributed by atoms with E-state index in [9.17, 15) is 4.79 Å². The van der Waals surface area contributed by atoms with Gasteiger partial charge in [0.25, 0.3) is 0 Å². The summed E-state index contributed by atoms with van der Waals surface area (Å²) in [5.74, 6) is 2.73. The van der Waals surface area contributed by atoms with Crippen LogP contribution in [0.15, 0.2) is 28.7 Å². The average molecular weight is 363 g/mol. The Hall–Kier alpha value is -1.03. The molecule has 4 heteroatoms. The highest BCUT2D eigenvalue weighted by Gasteiger charge is 2.51. The summed E-state index contributed by atoms with van der Waals surface area (Å²) in [4.78, 5) is 12.4. The fourth-order valence-electron chi connectivity index (χ4n) is 5.38. The number of carbonyl (C=O) groups is 1. The van der Waals surface area contributed by atoms with Crippen molar-refractivity contribution in [3.63, 3.8) is 0 Å². The van der Waals surface area contributed by atoms with Gasteiger partial charge in [-0.1, -0.05) is 12.1 Å². The molecule has 0 heterocycles. The summed E-state index contributed by atoms with van der Waals surface area (Å²) in [5, 5.41) is 6.63. The Balaban J connectivity index is 1.37. The summed E-state index contributed by atoms with van der Waals surface area (Å²) in [7, 11) is 0. The van der Waals surface area contributed by atoms with Gasteiger partial charge >= 0.3 is 0 Å². The first-order valence-corrected chi connectivity index (χ1v) is 9.21. The summed E-state index contributed by atoms with van der Waals surface area (Å²) in [5.41, 5.74) is 1.09. The van der Waals surface area contributed by atoms with Gasteiger partial charge in [-0.05, 0) is 84.3 Å². The summed E-state index contributed by atoms with van der Waals surface area (Å²) in [6.45, 7) is 0.352. The van der Waals surface area contributed by atoms with E-state index in [4.69, 9.17) is 0 Å². The van der Waals surface area contributed by atoms with Crippen LogP contribution in [0.2, 0.25) is 0 Å². The second-order valence-corrected chi connectivity index (χ2v) is 8.43. The maximum absolute atomic E-state index is 12.4. The SMILES string of the molecule is O=C(CNc1ccccc1Br)NC12CC3CC(CC(C3)C1)C2. The van der Waals surface area contributed by atoms with Gasteiger partial charge in [0.2, 0.25) is 5.91 Å². The summed E-state index contributed by atoms with van der Waals surface area (Å²) >= 11 is 3.51. The summed E-state index contributed by atoms with van der Waals surface area (Å²) in [6.07, 6.45) is 7.85. The van der Waals surface area contributed by atoms with Crippen LogP contribution in [-0.4, -0.2) is 18.0 Å². The number of hydrogen-bond donors (Lipinski definition) is 2. The first-order valence-electron chi connectivity index (χ1n) is 8.41. The number of anilines is 1. The Morgan fingerprint density at radius 3 is 2.27 bits per heavy atom. The predicted molar refractivity (Wildman–Crippen MR) is 91.7 cm³/mol. The number of benzene rings is 1. The lowest BCUT2D eigenvalue weighted by atomic mass is 9.53. The highest BCUT2D eigenvalue weighted by Crippen LogP contribution is 2.55. The quantitative estimate of drug-likeness (QED) is 0.851. The number of para-hydroxylation sites is 1. The van der Waals surface area contributed by atoms with Gasteiger partial charge < -0.3 is 10.6 Å². The van der Waals surface area contributed by atoms with Crippen LogP contribution in [0.5, 0.6) is 0 Å². The Morgan fingerprint density at radius 1 is 1.09 bits per heavy atom. The molecule has 4 aliphatic carbocycles. The molecule has 4 aliphatic rings. The van der Waals surface area contributed by atoms with Crippen LogP contribution in [0.4, 0.5) is 5.69 Å². The maximum Gasteiger partial charge on any atom is 0.239 e. The minimum atomic E-state index is 0.113. The van der Waals surface area contributed by atoms with Gasteiger partial charge in [-0.15, -0.1) is 0 Å². The van der Waals surface area contributed by atoms with Crippen molar-refractivity contribution >= 4 is 27.5 Å². The Morgan fingerprint density at radius 2 is 1.68 bits per heavy atom. The van der Waals surface area contributed by atoms with Crippen molar-refractivity contribution in [2.75, 3.05) is 11.9 Å². The van der Waals surface area contributed by atoms with Crippen molar-refractivity contribution in [2.45, 2.75) is 44.1 Å². The standard InChI is InChI=1S/C18H23BrN2O/c19-15-3-1-2-4-16(15)20-11-17(22)21-18-8-12-5-13(9-18)7-14(6-12)10-18/h1-4,12-14,20H,5-11H2,(H,21,22). The van der Waals surface area contributed by atoms with Crippen LogP contribution in [-0.2, 0) is 4.79 Å². The third-order valence-electron chi connectivity index (χ3n) is 5.76. The molecule has 0 aliphatic heterocycles. The van der Waals surface area contributed by atoms with E-state index in [1.807, 2.05) is 24.3 Å². The molecule has 0 spiro atoms. The zero-order chi connectivity index (χ0) is 15.2. The largest absolute Gasteiger partial charge is 0.375 e. The minimum Gasteiger partial charge on any atom is -0.375 e. The number of amides is 1. The smallest absolute Gasteiger partial charge is 0.239 e. The van der Waals surface area contributed by atoms with Crippen LogP contribution in [0.25, 0.3) is 0 Å². The van der Waals surface area contributed by atoms with E-state index >= 15 is 0 Å². The topological polar surface area (TPSA) is 41.1 Å². The lowest BCUT2D eigenvalue weighted by molar-refractivity contribution is -0.125. The van der Waals surface area contributed by atoms with Crippen molar-refractivity contribution < 1.29 is 4.79 Å². The number of halogens is 1. The number of hydrogen-bond acceptors (Lipinski definition) is 2. The van der Waals surface area contributed by atoms with Crippen molar-refractivity contribution in [1.82, 2.24) is 5.32 Å². The van der Waals surface area contributed by atoms with Crippen molar-refractivity contribution in [3.05, 3.63) is 28.7 Å². The van der Waals surface area contributed by atoms with Crippen molar-refractivity contribution in [1.29, 1.82) is 0 Å². The van der Waals surface area contributed by atoms with Crippen LogP contribution in [0.3, 0.4) is 0 Å². The van der Waals surface area contributed by atoms with Gasteiger partial charge in [-0.25, -0.2) is 0 Å².